The quantitative estimate of drug-likeness (QED) is 0.471. The molecule has 3 rings (SSSR count). The Kier molecular flexibility index (Phi) is 6.78. The minimum absolute atomic E-state index is 0.212. The van der Waals surface area contributed by atoms with E-state index in [1.165, 1.54) is 37.8 Å². The Hall–Kier alpha value is -3.15. The average Bonchev–Trinajstić information content (AvgIpc) is 3.21. The van der Waals surface area contributed by atoms with Crippen LogP contribution in [0.3, 0.4) is 0 Å². The summed E-state index contributed by atoms with van der Waals surface area (Å²) in [6.45, 7) is 2.93. The zero-order chi connectivity index (χ0) is 19.8. The molecule has 0 spiro atoms. The van der Waals surface area contributed by atoms with Gasteiger partial charge in [0.15, 0.2) is 0 Å². The molecule has 0 radical (unpaired) electrons. The van der Waals surface area contributed by atoms with Crippen molar-refractivity contribution in [2.75, 3.05) is 6.61 Å². The first-order chi connectivity index (χ1) is 13.7. The average molecular weight is 380 g/mol. The van der Waals surface area contributed by atoms with E-state index in [4.69, 9.17) is 14.4 Å². The van der Waals surface area contributed by atoms with Crippen molar-refractivity contribution in [2.45, 2.75) is 39.0 Å². The second-order valence-corrected chi connectivity index (χ2v) is 6.59. The lowest BCUT2D eigenvalue weighted by Gasteiger charge is -2.06. The number of aromatic nitrogens is 2. The maximum atomic E-state index is 10.9. The molecule has 0 aliphatic heterocycles. The molecule has 0 saturated heterocycles. The zero-order valence-corrected chi connectivity index (χ0v) is 15.9. The summed E-state index contributed by atoms with van der Waals surface area (Å²) in [5, 5.41) is 13.0. The molecule has 6 heteroatoms. The molecule has 0 unspecified atom stereocenters. The summed E-state index contributed by atoms with van der Waals surface area (Å²) in [6, 6.07) is 13.9. The van der Waals surface area contributed by atoms with Crippen molar-refractivity contribution in [3.8, 4) is 28.6 Å². The third-order valence-corrected chi connectivity index (χ3v) is 4.43. The molecule has 1 aromatic heterocycles. The van der Waals surface area contributed by atoms with Crippen LogP contribution < -0.4 is 4.74 Å². The topological polar surface area (TPSA) is 85.5 Å². The highest BCUT2D eigenvalue weighted by Gasteiger charge is 2.11. The Labute approximate surface area is 164 Å². The summed E-state index contributed by atoms with van der Waals surface area (Å²) in [7, 11) is 0. The number of aromatic carboxylic acids is 1. The van der Waals surface area contributed by atoms with Gasteiger partial charge < -0.3 is 14.4 Å². The largest absolute Gasteiger partial charge is 0.494 e. The van der Waals surface area contributed by atoms with Crippen LogP contribution in [-0.4, -0.2) is 27.8 Å². The summed E-state index contributed by atoms with van der Waals surface area (Å²) in [5.74, 6) is 0.677. The van der Waals surface area contributed by atoms with Crippen LogP contribution in [0.1, 0.15) is 49.4 Å². The first kappa shape index (κ1) is 19.6. The van der Waals surface area contributed by atoms with Crippen LogP contribution in [0.4, 0.5) is 0 Å². The summed E-state index contributed by atoms with van der Waals surface area (Å²) in [5.41, 5.74) is 1.71. The van der Waals surface area contributed by atoms with Gasteiger partial charge in [-0.2, -0.15) is 4.98 Å². The van der Waals surface area contributed by atoms with E-state index in [9.17, 15) is 4.79 Å². The molecule has 0 aliphatic carbocycles. The second-order valence-electron chi connectivity index (χ2n) is 6.59. The van der Waals surface area contributed by atoms with Crippen molar-refractivity contribution >= 4 is 5.97 Å². The molecule has 146 valence electrons. The number of benzene rings is 2. The number of nitrogens with zero attached hydrogens (tertiary/aromatic N) is 2. The molecule has 6 nitrogen and oxygen atoms in total. The lowest BCUT2D eigenvalue weighted by atomic mass is 10.1. The van der Waals surface area contributed by atoms with Crippen molar-refractivity contribution in [1.29, 1.82) is 0 Å². The molecular formula is C22H24N2O4. The fourth-order valence-electron chi connectivity index (χ4n) is 2.81. The van der Waals surface area contributed by atoms with E-state index in [-0.39, 0.29) is 5.56 Å². The molecule has 0 atom stereocenters. The van der Waals surface area contributed by atoms with Gasteiger partial charge in [0.05, 0.1) is 12.2 Å². The molecule has 0 saturated carbocycles. The normalized spacial score (nSPS) is 10.8. The predicted molar refractivity (Wildman–Crippen MR) is 106 cm³/mol. The Bertz CT molecular complexity index is 886. The number of ether oxygens (including phenoxy) is 1. The van der Waals surface area contributed by atoms with Crippen LogP contribution in [0.25, 0.3) is 22.8 Å². The molecule has 1 heterocycles. The van der Waals surface area contributed by atoms with Gasteiger partial charge in [-0.25, -0.2) is 4.79 Å². The number of hydrogen-bond donors (Lipinski definition) is 1. The number of carboxylic acid groups (broad SMARTS) is 1. The summed E-state index contributed by atoms with van der Waals surface area (Å²) >= 11 is 0. The molecule has 1 N–H and O–H groups in total. The molecule has 0 aliphatic rings. The molecular weight excluding hydrogens is 356 g/mol. The minimum atomic E-state index is -0.971. The van der Waals surface area contributed by atoms with Crippen molar-refractivity contribution in [3.63, 3.8) is 0 Å². The molecule has 0 fully saturated rings. The van der Waals surface area contributed by atoms with E-state index >= 15 is 0 Å². The van der Waals surface area contributed by atoms with Crippen molar-refractivity contribution in [3.05, 3.63) is 54.1 Å². The van der Waals surface area contributed by atoms with Gasteiger partial charge >= 0.3 is 5.97 Å². The molecule has 3 aromatic rings. The van der Waals surface area contributed by atoms with Crippen LogP contribution in [0.2, 0.25) is 0 Å². The van der Waals surface area contributed by atoms with Crippen LogP contribution in [-0.2, 0) is 0 Å². The van der Waals surface area contributed by atoms with Crippen molar-refractivity contribution in [1.82, 2.24) is 10.1 Å². The van der Waals surface area contributed by atoms with Crippen molar-refractivity contribution in [2.24, 2.45) is 0 Å². The third kappa shape index (κ3) is 5.19. The van der Waals surface area contributed by atoms with Gasteiger partial charge in [-0.15, -0.1) is 0 Å². The Balaban J connectivity index is 1.58. The maximum absolute atomic E-state index is 10.9. The maximum Gasteiger partial charge on any atom is 0.335 e. The van der Waals surface area contributed by atoms with Gasteiger partial charge in [0.25, 0.3) is 5.89 Å². The Morgan fingerprint density at radius 1 is 0.964 bits per heavy atom. The lowest BCUT2D eigenvalue weighted by Crippen LogP contribution is -1.97. The van der Waals surface area contributed by atoms with Gasteiger partial charge in [-0.1, -0.05) is 37.8 Å². The highest BCUT2D eigenvalue weighted by Crippen LogP contribution is 2.24. The fraction of sp³-hybridized carbons (Fsp3) is 0.318. The summed E-state index contributed by atoms with van der Waals surface area (Å²) in [4.78, 5) is 15.3. The van der Waals surface area contributed by atoms with E-state index in [2.05, 4.69) is 17.1 Å². The van der Waals surface area contributed by atoms with Gasteiger partial charge in [-0.3, -0.25) is 0 Å². The standard InChI is InChI=1S/C22H24N2O4/c1-2-3-4-5-6-15-27-19-13-11-16(12-14-19)20-23-21(28-24-20)17-7-9-18(10-8-17)22(25)26/h7-14H,2-6,15H2,1H3,(H,25,26). The molecule has 0 amide bonds. The van der Waals surface area contributed by atoms with Crippen LogP contribution in [0.5, 0.6) is 5.75 Å². The number of unbranched alkanes of at least 4 members (excludes halogenated alkanes) is 4. The van der Waals surface area contributed by atoms with E-state index in [1.807, 2.05) is 24.3 Å². The highest BCUT2D eigenvalue weighted by atomic mass is 16.5. The van der Waals surface area contributed by atoms with Gasteiger partial charge in [0.2, 0.25) is 5.82 Å². The van der Waals surface area contributed by atoms with E-state index in [1.54, 1.807) is 12.1 Å². The fourth-order valence-corrected chi connectivity index (χ4v) is 2.81. The van der Waals surface area contributed by atoms with Gasteiger partial charge in [-0.05, 0) is 55.0 Å². The number of hydrogen-bond acceptors (Lipinski definition) is 5. The first-order valence-corrected chi connectivity index (χ1v) is 9.58. The second kappa shape index (κ2) is 9.69. The SMILES string of the molecule is CCCCCCCOc1ccc(-c2noc(-c3ccc(C(=O)O)cc3)n2)cc1. The Morgan fingerprint density at radius 3 is 2.32 bits per heavy atom. The molecule has 2 aromatic carbocycles. The van der Waals surface area contributed by atoms with E-state index in [0.29, 0.717) is 17.3 Å². The van der Waals surface area contributed by atoms with Crippen LogP contribution >= 0.6 is 0 Å². The van der Waals surface area contributed by atoms with Gasteiger partial charge in [0, 0.05) is 11.1 Å². The smallest absolute Gasteiger partial charge is 0.335 e. The van der Waals surface area contributed by atoms with Crippen LogP contribution in [0.15, 0.2) is 53.1 Å². The minimum Gasteiger partial charge on any atom is -0.494 e. The third-order valence-electron chi connectivity index (χ3n) is 4.43. The zero-order valence-electron chi connectivity index (χ0n) is 15.9. The van der Waals surface area contributed by atoms with Crippen LogP contribution in [0, 0.1) is 0 Å². The van der Waals surface area contributed by atoms with Gasteiger partial charge in [0.1, 0.15) is 5.75 Å². The number of carboxylic acids is 1. The van der Waals surface area contributed by atoms with E-state index < -0.39 is 5.97 Å². The lowest BCUT2D eigenvalue weighted by molar-refractivity contribution is 0.0697. The first-order valence-electron chi connectivity index (χ1n) is 9.58. The van der Waals surface area contributed by atoms with Crippen molar-refractivity contribution < 1.29 is 19.2 Å². The summed E-state index contributed by atoms with van der Waals surface area (Å²) < 4.78 is 11.1. The predicted octanol–water partition coefficient (Wildman–Crippen LogP) is 5.45. The number of carbonyl (C=O) groups is 1. The monoisotopic (exact) mass is 380 g/mol. The molecule has 0 bridgehead atoms. The number of rotatable bonds is 10. The summed E-state index contributed by atoms with van der Waals surface area (Å²) in [6.07, 6.45) is 6.05. The highest BCUT2D eigenvalue weighted by molar-refractivity contribution is 5.88. The molecule has 28 heavy (non-hydrogen) atoms. The van der Waals surface area contributed by atoms with E-state index in [0.717, 1.165) is 24.3 Å². The Morgan fingerprint density at radius 2 is 1.64 bits per heavy atom.